The maximum absolute atomic E-state index is 12.2. The maximum atomic E-state index is 12.2. The minimum absolute atomic E-state index is 0.0243. The second kappa shape index (κ2) is 6.67. The van der Waals surface area contributed by atoms with Crippen molar-refractivity contribution in [2.45, 2.75) is 47.0 Å². The van der Waals surface area contributed by atoms with Crippen molar-refractivity contribution in [1.29, 1.82) is 0 Å². The Labute approximate surface area is 144 Å². The fraction of sp³-hybridized carbons (Fsp3) is 0.474. The van der Waals surface area contributed by atoms with E-state index < -0.39 is 0 Å². The van der Waals surface area contributed by atoms with Crippen molar-refractivity contribution in [1.82, 2.24) is 9.78 Å². The minimum Gasteiger partial charge on any atom is -0.483 e. The minimum atomic E-state index is -0.187. The van der Waals surface area contributed by atoms with Crippen molar-refractivity contribution in [3.8, 4) is 5.75 Å². The zero-order valence-corrected chi connectivity index (χ0v) is 15.7. The number of aromatic nitrogens is 2. The number of benzene rings is 1. The smallest absolute Gasteiger partial charge is 0.262 e. The summed E-state index contributed by atoms with van der Waals surface area (Å²) < 4.78 is 7.44. The molecule has 1 heterocycles. The van der Waals surface area contributed by atoms with Gasteiger partial charge in [0.25, 0.3) is 5.91 Å². The van der Waals surface area contributed by atoms with Crippen LogP contribution in [0.2, 0.25) is 0 Å². The molecule has 0 aliphatic heterocycles. The van der Waals surface area contributed by atoms with Crippen LogP contribution in [0.3, 0.4) is 0 Å². The second-order valence-electron chi connectivity index (χ2n) is 7.24. The van der Waals surface area contributed by atoms with Crippen LogP contribution in [0.5, 0.6) is 5.75 Å². The van der Waals surface area contributed by atoms with E-state index >= 15 is 0 Å². The molecule has 2 rings (SSSR count). The first-order valence-electron chi connectivity index (χ1n) is 8.13. The predicted octanol–water partition coefficient (Wildman–Crippen LogP) is 3.66. The van der Waals surface area contributed by atoms with Gasteiger partial charge in [0.05, 0.1) is 17.1 Å². The van der Waals surface area contributed by atoms with Crippen LogP contribution in [0.25, 0.3) is 0 Å². The largest absolute Gasteiger partial charge is 0.483 e. The molecule has 0 radical (unpaired) electrons. The molecule has 24 heavy (non-hydrogen) atoms. The topological polar surface area (TPSA) is 56.1 Å². The van der Waals surface area contributed by atoms with E-state index in [1.807, 2.05) is 33.9 Å². The first-order valence-corrected chi connectivity index (χ1v) is 8.13. The summed E-state index contributed by atoms with van der Waals surface area (Å²) in [5, 5.41) is 7.17. The number of carbonyl (C=O) groups is 1. The van der Waals surface area contributed by atoms with Gasteiger partial charge < -0.3 is 10.1 Å². The number of carbonyl (C=O) groups excluding carboxylic acids is 1. The lowest BCUT2D eigenvalue weighted by Crippen LogP contribution is -2.21. The molecule has 130 valence electrons. The average molecular weight is 329 g/mol. The molecule has 2 aromatic rings. The molecular weight excluding hydrogens is 302 g/mol. The van der Waals surface area contributed by atoms with E-state index in [0.29, 0.717) is 0 Å². The van der Waals surface area contributed by atoms with Crippen LogP contribution in [0.15, 0.2) is 18.2 Å². The van der Waals surface area contributed by atoms with E-state index in [1.54, 1.807) is 4.68 Å². The maximum Gasteiger partial charge on any atom is 0.262 e. The Morgan fingerprint density at radius 2 is 1.92 bits per heavy atom. The van der Waals surface area contributed by atoms with Crippen molar-refractivity contribution in [2.24, 2.45) is 7.05 Å². The lowest BCUT2D eigenvalue weighted by atomic mass is 9.86. The van der Waals surface area contributed by atoms with Crippen molar-refractivity contribution in [3.05, 3.63) is 40.7 Å². The van der Waals surface area contributed by atoms with Crippen LogP contribution in [0, 0.1) is 20.8 Å². The summed E-state index contributed by atoms with van der Waals surface area (Å²) in [7, 11) is 1.86. The van der Waals surface area contributed by atoms with Gasteiger partial charge in [-0.3, -0.25) is 9.48 Å². The normalized spacial score (nSPS) is 11.5. The standard InChI is InChI=1S/C19H27N3O2/c1-12-10-15(19(4,5)6)8-9-16(12)24-11-17(23)20-18-13(2)21-22(7)14(18)3/h8-10H,11H2,1-7H3,(H,20,23). The highest BCUT2D eigenvalue weighted by Gasteiger charge is 2.16. The van der Waals surface area contributed by atoms with Crippen molar-refractivity contribution >= 4 is 11.6 Å². The Bertz CT molecular complexity index is 755. The Kier molecular flexibility index (Phi) is 5.02. The van der Waals surface area contributed by atoms with Gasteiger partial charge in [0, 0.05) is 7.05 Å². The molecule has 1 N–H and O–H groups in total. The third-order valence-electron chi connectivity index (χ3n) is 4.17. The predicted molar refractivity (Wildman–Crippen MR) is 96.7 cm³/mol. The molecule has 1 aromatic carbocycles. The van der Waals surface area contributed by atoms with Gasteiger partial charge in [0.1, 0.15) is 5.75 Å². The molecule has 0 saturated heterocycles. The lowest BCUT2D eigenvalue weighted by molar-refractivity contribution is -0.118. The number of hydrogen-bond acceptors (Lipinski definition) is 3. The molecule has 0 atom stereocenters. The van der Waals surface area contributed by atoms with Gasteiger partial charge in [-0.25, -0.2) is 0 Å². The Hall–Kier alpha value is -2.30. The number of hydrogen-bond donors (Lipinski definition) is 1. The van der Waals surface area contributed by atoms with Crippen LogP contribution in [-0.2, 0) is 17.3 Å². The zero-order chi connectivity index (χ0) is 18.1. The lowest BCUT2D eigenvalue weighted by Gasteiger charge is -2.20. The van der Waals surface area contributed by atoms with Gasteiger partial charge in [-0.2, -0.15) is 5.10 Å². The number of nitrogens with zero attached hydrogens (tertiary/aromatic N) is 2. The average Bonchev–Trinajstić information content (AvgIpc) is 2.71. The van der Waals surface area contributed by atoms with Crippen molar-refractivity contribution in [3.63, 3.8) is 0 Å². The summed E-state index contributed by atoms with van der Waals surface area (Å²) in [5.41, 5.74) is 4.85. The Balaban J connectivity index is 2.02. The molecule has 5 nitrogen and oxygen atoms in total. The summed E-state index contributed by atoms with van der Waals surface area (Å²) >= 11 is 0. The molecule has 0 unspecified atom stereocenters. The summed E-state index contributed by atoms with van der Waals surface area (Å²) in [6.07, 6.45) is 0. The molecule has 0 saturated carbocycles. The molecule has 5 heteroatoms. The first kappa shape index (κ1) is 18.0. The summed E-state index contributed by atoms with van der Waals surface area (Å²) in [4.78, 5) is 12.2. The molecule has 1 amide bonds. The fourth-order valence-corrected chi connectivity index (χ4v) is 2.55. The second-order valence-corrected chi connectivity index (χ2v) is 7.24. The van der Waals surface area contributed by atoms with Crippen LogP contribution in [0.1, 0.15) is 43.3 Å². The van der Waals surface area contributed by atoms with E-state index in [4.69, 9.17) is 4.74 Å². The molecule has 1 aromatic heterocycles. The highest BCUT2D eigenvalue weighted by Crippen LogP contribution is 2.27. The van der Waals surface area contributed by atoms with Gasteiger partial charge in [0.2, 0.25) is 0 Å². The van der Waals surface area contributed by atoms with Crippen LogP contribution >= 0.6 is 0 Å². The van der Waals surface area contributed by atoms with E-state index in [-0.39, 0.29) is 17.9 Å². The number of aryl methyl sites for hydroxylation is 3. The highest BCUT2D eigenvalue weighted by molar-refractivity contribution is 5.93. The molecule has 0 aliphatic rings. The van der Waals surface area contributed by atoms with E-state index in [9.17, 15) is 4.79 Å². The third kappa shape index (κ3) is 3.96. The van der Waals surface area contributed by atoms with Crippen LogP contribution in [0.4, 0.5) is 5.69 Å². The van der Waals surface area contributed by atoms with Gasteiger partial charge in [-0.1, -0.05) is 32.9 Å². The first-order chi connectivity index (χ1) is 11.1. The van der Waals surface area contributed by atoms with Gasteiger partial charge in [-0.05, 0) is 43.4 Å². The fourth-order valence-electron chi connectivity index (χ4n) is 2.55. The highest BCUT2D eigenvalue weighted by atomic mass is 16.5. The summed E-state index contributed by atoms with van der Waals surface area (Å²) in [5.74, 6) is 0.547. The van der Waals surface area contributed by atoms with E-state index in [0.717, 1.165) is 28.4 Å². The zero-order valence-electron chi connectivity index (χ0n) is 15.7. The molecule has 0 fully saturated rings. The molecule has 0 spiro atoms. The number of rotatable bonds is 4. The summed E-state index contributed by atoms with van der Waals surface area (Å²) in [6, 6.07) is 6.10. The van der Waals surface area contributed by atoms with Gasteiger partial charge in [-0.15, -0.1) is 0 Å². The number of nitrogens with one attached hydrogen (secondary N) is 1. The summed E-state index contributed by atoms with van der Waals surface area (Å²) in [6.45, 7) is 12.3. The molecule has 0 aliphatic carbocycles. The quantitative estimate of drug-likeness (QED) is 0.931. The monoisotopic (exact) mass is 329 g/mol. The Morgan fingerprint density at radius 3 is 2.42 bits per heavy atom. The Morgan fingerprint density at radius 1 is 1.25 bits per heavy atom. The number of anilines is 1. The third-order valence-corrected chi connectivity index (χ3v) is 4.17. The van der Waals surface area contributed by atoms with Crippen molar-refractivity contribution in [2.75, 3.05) is 11.9 Å². The van der Waals surface area contributed by atoms with Gasteiger partial charge >= 0.3 is 0 Å². The van der Waals surface area contributed by atoms with E-state index in [1.165, 1.54) is 5.56 Å². The number of amides is 1. The van der Waals surface area contributed by atoms with Crippen molar-refractivity contribution < 1.29 is 9.53 Å². The number of ether oxygens (including phenoxy) is 1. The van der Waals surface area contributed by atoms with Gasteiger partial charge in [0.15, 0.2) is 6.61 Å². The van der Waals surface area contributed by atoms with E-state index in [2.05, 4.69) is 43.3 Å². The SMILES string of the molecule is Cc1cc(C(C)(C)C)ccc1OCC(=O)Nc1c(C)nn(C)c1C. The van der Waals surface area contributed by atoms with Crippen LogP contribution < -0.4 is 10.1 Å². The molecule has 0 bridgehead atoms. The molecular formula is C19H27N3O2. The van der Waals surface area contributed by atoms with Crippen LogP contribution in [-0.4, -0.2) is 22.3 Å².